The molecular weight excluding hydrogens is 272 g/mol. The highest BCUT2D eigenvalue weighted by Gasteiger charge is 2.09. The summed E-state index contributed by atoms with van der Waals surface area (Å²) in [7, 11) is 3.60. The topological polar surface area (TPSA) is 43.4 Å². The molecule has 0 aliphatic carbocycles. The van der Waals surface area contributed by atoms with Crippen LogP contribution in [0.15, 0.2) is 24.3 Å². The number of nitrogens with zero attached hydrogens (tertiary/aromatic N) is 1. The summed E-state index contributed by atoms with van der Waals surface area (Å²) in [6.45, 7) is 3.50. The molecule has 2 rings (SSSR count). The zero-order valence-electron chi connectivity index (χ0n) is 12.1. The number of hydrogen-bond acceptors (Lipinski definition) is 5. The van der Waals surface area contributed by atoms with Gasteiger partial charge in [0.25, 0.3) is 0 Å². The molecule has 0 aliphatic rings. The molecule has 0 radical (unpaired) electrons. The largest absolute Gasteiger partial charge is 0.497 e. The first-order chi connectivity index (χ1) is 9.76. The number of aryl methyl sites for hydroxylation is 1. The van der Waals surface area contributed by atoms with E-state index in [0.29, 0.717) is 6.61 Å². The number of aromatic nitrogens is 1. The fourth-order valence-electron chi connectivity index (χ4n) is 1.89. The highest BCUT2D eigenvalue weighted by atomic mass is 32.1. The van der Waals surface area contributed by atoms with E-state index in [1.807, 2.05) is 31.3 Å². The third-order valence-corrected chi connectivity index (χ3v) is 3.99. The molecule has 0 saturated heterocycles. The van der Waals surface area contributed by atoms with E-state index < -0.39 is 0 Å². The van der Waals surface area contributed by atoms with Gasteiger partial charge in [-0.05, 0) is 37.7 Å². The molecule has 4 nitrogen and oxygen atoms in total. The van der Waals surface area contributed by atoms with Gasteiger partial charge in [0.15, 0.2) is 0 Å². The molecule has 0 aliphatic heterocycles. The first kappa shape index (κ1) is 14.8. The smallest absolute Gasteiger partial charge is 0.140 e. The second-order valence-electron chi connectivity index (χ2n) is 4.33. The molecule has 1 aromatic carbocycles. The van der Waals surface area contributed by atoms with Crippen LogP contribution in [0.5, 0.6) is 11.5 Å². The first-order valence-electron chi connectivity index (χ1n) is 6.65. The number of rotatable bonds is 7. The summed E-state index contributed by atoms with van der Waals surface area (Å²) in [4.78, 5) is 5.92. The molecule has 0 saturated carbocycles. The van der Waals surface area contributed by atoms with Gasteiger partial charge in [-0.25, -0.2) is 4.98 Å². The average Bonchev–Trinajstić information content (AvgIpc) is 2.88. The molecule has 0 fully saturated rings. The van der Waals surface area contributed by atoms with E-state index in [1.54, 1.807) is 18.4 Å². The fourth-order valence-corrected chi connectivity index (χ4v) is 2.97. The Kier molecular flexibility index (Phi) is 5.38. The van der Waals surface area contributed by atoms with Crippen LogP contribution in [0, 0.1) is 0 Å². The Labute approximate surface area is 123 Å². The van der Waals surface area contributed by atoms with E-state index in [9.17, 15) is 0 Å². The van der Waals surface area contributed by atoms with Gasteiger partial charge in [0.05, 0.1) is 12.8 Å². The van der Waals surface area contributed by atoms with Crippen molar-refractivity contribution in [2.45, 2.75) is 26.5 Å². The van der Waals surface area contributed by atoms with Crippen LogP contribution in [-0.4, -0.2) is 19.1 Å². The standard InChI is InChI=1S/C15H20N2O2S/c1-4-13-14(9-16-2)20-15(17-13)10-19-12-7-5-11(18-3)6-8-12/h5-8,16H,4,9-10H2,1-3H3. The van der Waals surface area contributed by atoms with E-state index in [2.05, 4.69) is 17.2 Å². The van der Waals surface area contributed by atoms with Crippen molar-refractivity contribution >= 4 is 11.3 Å². The second kappa shape index (κ2) is 7.26. The highest BCUT2D eigenvalue weighted by Crippen LogP contribution is 2.22. The van der Waals surface area contributed by atoms with Gasteiger partial charge >= 0.3 is 0 Å². The summed E-state index contributed by atoms with van der Waals surface area (Å²) in [6, 6.07) is 7.59. The Bertz CT molecular complexity index is 537. The van der Waals surface area contributed by atoms with E-state index in [4.69, 9.17) is 9.47 Å². The lowest BCUT2D eigenvalue weighted by Crippen LogP contribution is -2.05. The van der Waals surface area contributed by atoms with E-state index >= 15 is 0 Å². The average molecular weight is 292 g/mol. The predicted octanol–water partition coefficient (Wildman–Crippen LogP) is 3.01. The van der Waals surface area contributed by atoms with Crippen molar-refractivity contribution in [2.24, 2.45) is 0 Å². The van der Waals surface area contributed by atoms with Crippen LogP contribution in [0.3, 0.4) is 0 Å². The normalized spacial score (nSPS) is 10.6. The fraction of sp³-hybridized carbons (Fsp3) is 0.400. The van der Waals surface area contributed by atoms with Gasteiger partial charge in [0, 0.05) is 11.4 Å². The molecule has 0 spiro atoms. The van der Waals surface area contributed by atoms with Crippen LogP contribution in [-0.2, 0) is 19.6 Å². The van der Waals surface area contributed by atoms with Gasteiger partial charge in [0.2, 0.25) is 0 Å². The minimum Gasteiger partial charge on any atom is -0.497 e. The Hall–Kier alpha value is -1.59. The summed E-state index contributed by atoms with van der Waals surface area (Å²) < 4.78 is 10.9. The van der Waals surface area contributed by atoms with Gasteiger partial charge < -0.3 is 14.8 Å². The Morgan fingerprint density at radius 1 is 1.20 bits per heavy atom. The summed E-state index contributed by atoms with van der Waals surface area (Å²) >= 11 is 1.71. The number of hydrogen-bond donors (Lipinski definition) is 1. The van der Waals surface area contributed by atoms with E-state index in [-0.39, 0.29) is 0 Å². The summed E-state index contributed by atoms with van der Waals surface area (Å²) in [5.74, 6) is 1.66. The molecule has 0 atom stereocenters. The molecule has 20 heavy (non-hydrogen) atoms. The van der Waals surface area contributed by atoms with Crippen LogP contribution >= 0.6 is 11.3 Å². The first-order valence-corrected chi connectivity index (χ1v) is 7.47. The monoisotopic (exact) mass is 292 g/mol. The van der Waals surface area contributed by atoms with Crippen molar-refractivity contribution in [2.75, 3.05) is 14.2 Å². The van der Waals surface area contributed by atoms with Gasteiger partial charge in [-0.15, -0.1) is 11.3 Å². The minimum absolute atomic E-state index is 0.508. The summed E-state index contributed by atoms with van der Waals surface area (Å²) in [5, 5.41) is 4.19. The lowest BCUT2D eigenvalue weighted by Gasteiger charge is -2.04. The Morgan fingerprint density at radius 3 is 2.50 bits per heavy atom. The van der Waals surface area contributed by atoms with Crippen LogP contribution < -0.4 is 14.8 Å². The van der Waals surface area contributed by atoms with Gasteiger partial charge in [-0.2, -0.15) is 0 Å². The quantitative estimate of drug-likeness (QED) is 0.852. The molecule has 1 heterocycles. The molecule has 2 aromatic rings. The number of nitrogens with one attached hydrogen (secondary N) is 1. The van der Waals surface area contributed by atoms with Crippen LogP contribution in [0.2, 0.25) is 0 Å². The zero-order valence-corrected chi connectivity index (χ0v) is 12.9. The SMILES string of the molecule is CCc1nc(COc2ccc(OC)cc2)sc1CNC. The lowest BCUT2D eigenvalue weighted by atomic mass is 10.3. The number of ether oxygens (including phenoxy) is 2. The molecule has 108 valence electrons. The van der Waals surface area contributed by atoms with Gasteiger partial charge in [-0.3, -0.25) is 0 Å². The van der Waals surface area contributed by atoms with Crippen molar-refractivity contribution in [3.8, 4) is 11.5 Å². The molecule has 5 heteroatoms. The highest BCUT2D eigenvalue weighted by molar-refractivity contribution is 7.11. The van der Waals surface area contributed by atoms with Crippen LogP contribution in [0.25, 0.3) is 0 Å². The minimum atomic E-state index is 0.508. The number of benzene rings is 1. The Morgan fingerprint density at radius 2 is 1.90 bits per heavy atom. The van der Waals surface area contributed by atoms with Crippen LogP contribution in [0.1, 0.15) is 22.5 Å². The maximum atomic E-state index is 5.75. The third-order valence-electron chi connectivity index (χ3n) is 2.92. The zero-order chi connectivity index (χ0) is 14.4. The van der Waals surface area contributed by atoms with Crippen LogP contribution in [0.4, 0.5) is 0 Å². The Balaban J connectivity index is 1.99. The molecule has 0 unspecified atom stereocenters. The molecule has 0 bridgehead atoms. The maximum Gasteiger partial charge on any atom is 0.140 e. The molecular formula is C15H20N2O2S. The molecule has 1 N–H and O–H groups in total. The van der Waals surface area contributed by atoms with Crippen molar-refractivity contribution in [1.29, 1.82) is 0 Å². The number of methoxy groups -OCH3 is 1. The number of thiazole rings is 1. The predicted molar refractivity (Wildman–Crippen MR) is 81.6 cm³/mol. The van der Waals surface area contributed by atoms with Crippen molar-refractivity contribution < 1.29 is 9.47 Å². The molecule has 1 aromatic heterocycles. The lowest BCUT2D eigenvalue weighted by molar-refractivity contribution is 0.304. The second-order valence-corrected chi connectivity index (χ2v) is 5.49. The third kappa shape index (κ3) is 3.71. The summed E-state index contributed by atoms with van der Waals surface area (Å²) in [5.41, 5.74) is 1.16. The van der Waals surface area contributed by atoms with E-state index in [1.165, 1.54) is 4.88 Å². The van der Waals surface area contributed by atoms with Crippen molar-refractivity contribution in [3.05, 3.63) is 39.8 Å². The van der Waals surface area contributed by atoms with Gasteiger partial charge in [0.1, 0.15) is 23.1 Å². The van der Waals surface area contributed by atoms with Gasteiger partial charge in [-0.1, -0.05) is 6.92 Å². The maximum absolute atomic E-state index is 5.75. The van der Waals surface area contributed by atoms with Crippen molar-refractivity contribution in [3.63, 3.8) is 0 Å². The van der Waals surface area contributed by atoms with E-state index in [0.717, 1.165) is 35.2 Å². The summed E-state index contributed by atoms with van der Waals surface area (Å²) in [6.07, 6.45) is 0.954. The van der Waals surface area contributed by atoms with Crippen molar-refractivity contribution in [1.82, 2.24) is 10.3 Å². The molecule has 0 amide bonds.